The second-order valence-electron chi connectivity index (χ2n) is 3.28. The largest absolute Gasteiger partial charge is 0.258 e. The third-order valence-corrected chi connectivity index (χ3v) is 3.67. The lowest BCUT2D eigenvalue weighted by Crippen LogP contribution is -1.90. The van der Waals surface area contributed by atoms with Crippen molar-refractivity contribution >= 4 is 42.3 Å². The zero-order valence-electron chi connectivity index (χ0n) is 8.43. The van der Waals surface area contributed by atoms with Crippen LogP contribution in [-0.4, -0.2) is 10.2 Å². The summed E-state index contributed by atoms with van der Waals surface area (Å²) in [7, 11) is 0. The maximum Gasteiger partial charge on any atom is 0.176 e. The van der Waals surface area contributed by atoms with Crippen molar-refractivity contribution in [1.82, 2.24) is 10.2 Å². The Hall–Kier alpha value is -0.910. The molecule has 0 saturated carbocycles. The molecule has 0 bridgehead atoms. The summed E-state index contributed by atoms with van der Waals surface area (Å²) in [6.07, 6.45) is 2.57. The normalized spacial score (nSPS) is 10.3. The second kappa shape index (κ2) is 4.95. The summed E-state index contributed by atoms with van der Waals surface area (Å²) in [5.74, 6) is 0. The Morgan fingerprint density at radius 1 is 1.56 bits per heavy atom. The average Bonchev–Trinajstić information content (AvgIpc) is 2.67. The van der Waals surface area contributed by atoms with Crippen molar-refractivity contribution in [3.8, 4) is 0 Å². The lowest BCUT2D eigenvalue weighted by Gasteiger charge is -2.03. The summed E-state index contributed by atoms with van der Waals surface area (Å²) in [6.45, 7) is 3.73. The van der Waals surface area contributed by atoms with Crippen LogP contribution in [0.2, 0.25) is 0 Å². The highest BCUT2D eigenvalue weighted by Crippen LogP contribution is 2.20. The van der Waals surface area contributed by atoms with Crippen LogP contribution >= 0.6 is 36.2 Å². The summed E-state index contributed by atoms with van der Waals surface area (Å²) in [5, 5.41) is 7.88. The van der Waals surface area contributed by atoms with Gasteiger partial charge in [-0.15, -0.1) is 12.6 Å². The van der Waals surface area contributed by atoms with Crippen molar-refractivity contribution in [2.45, 2.75) is 11.3 Å². The first-order valence-electron chi connectivity index (χ1n) is 4.68. The van der Waals surface area contributed by atoms with E-state index in [1.165, 1.54) is 11.3 Å². The maximum atomic E-state index is 4.99. The van der Waals surface area contributed by atoms with E-state index >= 15 is 0 Å². The molecular formula is C11H10N2S3. The zero-order valence-corrected chi connectivity index (χ0v) is 11.0. The standard InChI is InChI=1S/C11H10N2S3/c1-2-7-3-4-8(9(14)5-7)6-10-12-13-11(15)16-10/h2-5,14H,1,6H2,(H,13,15). The van der Waals surface area contributed by atoms with Gasteiger partial charge < -0.3 is 0 Å². The van der Waals surface area contributed by atoms with Gasteiger partial charge in [0, 0.05) is 11.3 Å². The van der Waals surface area contributed by atoms with Gasteiger partial charge in [-0.1, -0.05) is 36.1 Å². The highest BCUT2D eigenvalue weighted by atomic mass is 32.1. The molecule has 0 radical (unpaired) electrons. The van der Waals surface area contributed by atoms with E-state index in [1.807, 2.05) is 24.3 Å². The Bertz CT molecular complexity index is 569. The summed E-state index contributed by atoms with van der Waals surface area (Å²) >= 11 is 10.9. The number of thiol groups is 1. The SMILES string of the molecule is C=Cc1ccc(Cc2n[nH]c(=S)s2)c(S)c1. The van der Waals surface area contributed by atoms with Gasteiger partial charge in [-0.05, 0) is 29.4 Å². The molecule has 2 aromatic rings. The molecule has 0 spiro atoms. The fourth-order valence-electron chi connectivity index (χ4n) is 1.36. The smallest absolute Gasteiger partial charge is 0.176 e. The number of benzene rings is 1. The molecule has 0 saturated heterocycles. The molecule has 1 aromatic carbocycles. The number of aromatic amines is 1. The number of nitrogens with one attached hydrogen (secondary N) is 1. The molecule has 5 heteroatoms. The van der Waals surface area contributed by atoms with Gasteiger partial charge in [0.25, 0.3) is 0 Å². The van der Waals surface area contributed by atoms with Crippen LogP contribution in [0.4, 0.5) is 0 Å². The number of rotatable bonds is 3. The van der Waals surface area contributed by atoms with Crippen LogP contribution < -0.4 is 0 Å². The monoisotopic (exact) mass is 266 g/mol. The number of nitrogens with zero attached hydrogens (tertiary/aromatic N) is 1. The van der Waals surface area contributed by atoms with Crippen molar-refractivity contribution < 1.29 is 0 Å². The quantitative estimate of drug-likeness (QED) is 0.655. The first-order valence-corrected chi connectivity index (χ1v) is 6.35. The van der Waals surface area contributed by atoms with E-state index in [4.69, 9.17) is 12.2 Å². The zero-order chi connectivity index (χ0) is 11.5. The van der Waals surface area contributed by atoms with E-state index < -0.39 is 0 Å². The molecule has 0 aliphatic carbocycles. The summed E-state index contributed by atoms with van der Waals surface area (Å²) in [6, 6.07) is 6.06. The van der Waals surface area contributed by atoms with Crippen molar-refractivity contribution in [2.24, 2.45) is 0 Å². The Morgan fingerprint density at radius 2 is 2.38 bits per heavy atom. The van der Waals surface area contributed by atoms with E-state index in [0.717, 1.165) is 27.5 Å². The lowest BCUT2D eigenvalue weighted by molar-refractivity contribution is 0.985. The van der Waals surface area contributed by atoms with Crippen molar-refractivity contribution in [2.75, 3.05) is 0 Å². The second-order valence-corrected chi connectivity index (χ2v) is 5.51. The summed E-state index contributed by atoms with van der Waals surface area (Å²) < 4.78 is 0.707. The molecule has 0 aliphatic rings. The lowest BCUT2D eigenvalue weighted by atomic mass is 10.1. The molecule has 82 valence electrons. The highest BCUT2D eigenvalue weighted by Gasteiger charge is 2.04. The van der Waals surface area contributed by atoms with Gasteiger partial charge in [0.1, 0.15) is 5.01 Å². The van der Waals surface area contributed by atoms with E-state index in [1.54, 1.807) is 0 Å². The predicted octanol–water partition coefficient (Wildman–Crippen LogP) is 3.72. The van der Waals surface area contributed by atoms with Crippen LogP contribution in [0.5, 0.6) is 0 Å². The van der Waals surface area contributed by atoms with Crippen molar-refractivity contribution in [1.29, 1.82) is 0 Å². The summed E-state index contributed by atoms with van der Waals surface area (Å²) in [5.41, 5.74) is 2.22. The van der Waals surface area contributed by atoms with Crippen molar-refractivity contribution in [3.63, 3.8) is 0 Å². The van der Waals surface area contributed by atoms with E-state index in [-0.39, 0.29) is 0 Å². The Labute approximate surface area is 108 Å². The molecule has 1 aromatic heterocycles. The van der Waals surface area contributed by atoms with Crippen LogP contribution in [0, 0.1) is 3.95 Å². The van der Waals surface area contributed by atoms with E-state index in [2.05, 4.69) is 29.4 Å². The van der Waals surface area contributed by atoms with Gasteiger partial charge in [0.2, 0.25) is 0 Å². The third kappa shape index (κ3) is 2.61. The van der Waals surface area contributed by atoms with Gasteiger partial charge in [0.05, 0.1) is 0 Å². The van der Waals surface area contributed by atoms with Gasteiger partial charge in [-0.3, -0.25) is 5.10 Å². The Balaban J connectivity index is 2.28. The van der Waals surface area contributed by atoms with Crippen LogP contribution in [0.25, 0.3) is 6.08 Å². The van der Waals surface area contributed by atoms with Gasteiger partial charge in [-0.2, -0.15) is 5.10 Å². The first-order chi connectivity index (χ1) is 7.69. The molecule has 2 rings (SSSR count). The highest BCUT2D eigenvalue weighted by molar-refractivity contribution is 7.80. The molecule has 0 amide bonds. The maximum absolute atomic E-state index is 4.99. The molecular weight excluding hydrogens is 256 g/mol. The fourth-order valence-corrected chi connectivity index (χ4v) is 2.62. The third-order valence-electron chi connectivity index (χ3n) is 2.17. The Kier molecular flexibility index (Phi) is 3.58. The van der Waals surface area contributed by atoms with Crippen LogP contribution in [0.15, 0.2) is 29.7 Å². The van der Waals surface area contributed by atoms with Gasteiger partial charge in [-0.25, -0.2) is 0 Å². The topological polar surface area (TPSA) is 28.7 Å². The summed E-state index contributed by atoms with van der Waals surface area (Å²) in [4.78, 5) is 0.957. The predicted molar refractivity (Wildman–Crippen MR) is 73.9 cm³/mol. The number of hydrogen-bond acceptors (Lipinski definition) is 4. The number of aromatic nitrogens is 2. The molecule has 1 heterocycles. The van der Waals surface area contributed by atoms with E-state index in [0.29, 0.717) is 3.95 Å². The number of hydrogen-bond donors (Lipinski definition) is 2. The van der Waals surface area contributed by atoms with Gasteiger partial charge in [0.15, 0.2) is 3.95 Å². The van der Waals surface area contributed by atoms with Crippen LogP contribution in [0.1, 0.15) is 16.1 Å². The van der Waals surface area contributed by atoms with E-state index in [9.17, 15) is 0 Å². The average molecular weight is 266 g/mol. The molecule has 2 nitrogen and oxygen atoms in total. The van der Waals surface area contributed by atoms with Gasteiger partial charge >= 0.3 is 0 Å². The molecule has 16 heavy (non-hydrogen) atoms. The Morgan fingerprint density at radius 3 is 2.94 bits per heavy atom. The minimum Gasteiger partial charge on any atom is -0.258 e. The first kappa shape index (κ1) is 11.6. The van der Waals surface area contributed by atoms with Crippen LogP contribution in [0.3, 0.4) is 0 Å². The number of H-pyrrole nitrogens is 1. The molecule has 0 atom stereocenters. The van der Waals surface area contributed by atoms with Crippen molar-refractivity contribution in [3.05, 3.63) is 44.9 Å². The molecule has 0 unspecified atom stereocenters. The minimum absolute atomic E-state index is 0.707. The molecule has 1 N–H and O–H groups in total. The van der Waals surface area contributed by atoms with Crippen LogP contribution in [-0.2, 0) is 6.42 Å². The molecule has 0 fully saturated rings. The molecule has 0 aliphatic heterocycles. The minimum atomic E-state index is 0.707. The fraction of sp³-hybridized carbons (Fsp3) is 0.0909.